The van der Waals surface area contributed by atoms with Crippen LogP contribution in [0.15, 0.2) is 27.3 Å². The minimum Gasteiger partial charge on any atom is -0.465 e. The Labute approximate surface area is 149 Å². The van der Waals surface area contributed by atoms with Crippen LogP contribution in [0.5, 0.6) is 0 Å². The van der Waals surface area contributed by atoms with E-state index in [-0.39, 0.29) is 0 Å². The molecule has 0 spiro atoms. The first kappa shape index (κ1) is 17.0. The summed E-state index contributed by atoms with van der Waals surface area (Å²) in [6.45, 7) is 1.89. The summed E-state index contributed by atoms with van der Waals surface area (Å²) in [4.78, 5) is 17.4. The molecule has 2 aromatic heterocycles. The molecule has 0 aromatic carbocycles. The molecule has 0 atom stereocenters. The van der Waals surface area contributed by atoms with Crippen LogP contribution < -0.4 is 0 Å². The number of hydrogen-bond donors (Lipinski definition) is 1. The van der Waals surface area contributed by atoms with E-state index in [1.54, 1.807) is 13.2 Å². The van der Waals surface area contributed by atoms with Crippen LogP contribution in [-0.2, 0) is 6.42 Å². The Morgan fingerprint density at radius 2 is 2.12 bits per heavy atom. The van der Waals surface area contributed by atoms with E-state index >= 15 is 0 Å². The van der Waals surface area contributed by atoms with Gasteiger partial charge in [-0.15, -0.1) is 0 Å². The second-order valence-electron chi connectivity index (χ2n) is 6.39. The average molecular weight is 394 g/mol. The molecule has 0 bridgehead atoms. The molecule has 0 unspecified atom stereocenters. The van der Waals surface area contributed by atoms with Crippen LogP contribution in [0.4, 0.5) is 4.79 Å². The zero-order valence-corrected chi connectivity index (χ0v) is 15.3. The van der Waals surface area contributed by atoms with E-state index < -0.39 is 11.6 Å². The highest BCUT2D eigenvalue weighted by Crippen LogP contribution is 2.40. The van der Waals surface area contributed by atoms with Crippen molar-refractivity contribution < 1.29 is 14.4 Å². The van der Waals surface area contributed by atoms with Crippen molar-refractivity contribution >= 4 is 22.0 Å². The summed E-state index contributed by atoms with van der Waals surface area (Å²) in [6, 6.07) is 3.77. The topological polar surface area (TPSA) is 79.5 Å². The smallest absolute Gasteiger partial charge is 0.407 e. The Bertz CT molecular complexity index is 736. The van der Waals surface area contributed by atoms with Gasteiger partial charge in [0.15, 0.2) is 5.76 Å². The van der Waals surface area contributed by atoms with Crippen molar-refractivity contribution in [2.45, 2.75) is 44.6 Å². The summed E-state index contributed by atoms with van der Waals surface area (Å²) in [5.74, 6) is 0.630. The van der Waals surface area contributed by atoms with Gasteiger partial charge in [0.1, 0.15) is 5.69 Å². The number of halogens is 1. The summed E-state index contributed by atoms with van der Waals surface area (Å²) in [5, 5.41) is 13.6. The molecule has 6 nitrogen and oxygen atoms in total. The van der Waals surface area contributed by atoms with E-state index in [0.29, 0.717) is 17.9 Å². The van der Waals surface area contributed by atoms with Crippen molar-refractivity contribution in [3.63, 3.8) is 0 Å². The molecule has 0 radical (unpaired) electrons. The number of hydrogen-bond acceptors (Lipinski definition) is 4. The van der Waals surface area contributed by atoms with Crippen molar-refractivity contribution in [2.75, 3.05) is 7.05 Å². The molecular weight excluding hydrogens is 374 g/mol. The molecule has 0 saturated heterocycles. The highest BCUT2D eigenvalue weighted by atomic mass is 79.9. The molecule has 1 fully saturated rings. The molecule has 7 heteroatoms. The summed E-state index contributed by atoms with van der Waals surface area (Å²) in [5.41, 5.74) is 2.05. The van der Waals surface area contributed by atoms with E-state index in [0.717, 1.165) is 41.4 Å². The first-order chi connectivity index (χ1) is 11.4. The summed E-state index contributed by atoms with van der Waals surface area (Å²) >= 11 is 3.38. The number of pyridine rings is 1. The lowest BCUT2D eigenvalue weighted by atomic mass is 9.86. The number of aryl methyl sites for hydroxylation is 1. The third kappa shape index (κ3) is 3.05. The Morgan fingerprint density at radius 3 is 2.71 bits per heavy atom. The van der Waals surface area contributed by atoms with Gasteiger partial charge in [-0.2, -0.15) is 0 Å². The van der Waals surface area contributed by atoms with Crippen LogP contribution in [0, 0.1) is 6.92 Å². The third-order valence-corrected chi connectivity index (χ3v) is 5.45. The van der Waals surface area contributed by atoms with Gasteiger partial charge in [0, 0.05) is 29.7 Å². The lowest BCUT2D eigenvalue weighted by Crippen LogP contribution is -2.48. The van der Waals surface area contributed by atoms with E-state index in [1.807, 2.05) is 19.1 Å². The molecule has 1 aliphatic rings. The zero-order valence-electron chi connectivity index (χ0n) is 13.8. The molecule has 0 aliphatic heterocycles. The van der Waals surface area contributed by atoms with Crippen molar-refractivity contribution in [1.29, 1.82) is 0 Å². The number of likely N-dealkylation sites (N-methyl/N-ethyl adjacent to an activating group) is 1. The monoisotopic (exact) mass is 393 g/mol. The van der Waals surface area contributed by atoms with Gasteiger partial charge >= 0.3 is 6.09 Å². The van der Waals surface area contributed by atoms with Gasteiger partial charge in [-0.3, -0.25) is 4.98 Å². The molecule has 1 amide bonds. The summed E-state index contributed by atoms with van der Waals surface area (Å²) < 4.78 is 6.41. The molecule has 1 aliphatic carbocycles. The fraction of sp³-hybridized carbons (Fsp3) is 0.471. The third-order valence-electron chi connectivity index (χ3n) is 4.98. The Balaban J connectivity index is 1.99. The number of carbonyl (C=O) groups is 1. The van der Waals surface area contributed by atoms with Crippen LogP contribution in [0.1, 0.15) is 36.9 Å². The lowest BCUT2D eigenvalue weighted by molar-refractivity contribution is 0.0952. The maximum Gasteiger partial charge on any atom is 0.407 e. The van der Waals surface area contributed by atoms with Gasteiger partial charge in [-0.1, -0.05) is 18.0 Å². The minimum atomic E-state index is -0.894. The van der Waals surface area contributed by atoms with Gasteiger partial charge in [0.25, 0.3) is 0 Å². The van der Waals surface area contributed by atoms with Gasteiger partial charge in [-0.05, 0) is 47.8 Å². The molecule has 3 rings (SSSR count). The van der Waals surface area contributed by atoms with Gasteiger partial charge in [0.2, 0.25) is 0 Å². The number of aromatic nitrogens is 2. The van der Waals surface area contributed by atoms with Crippen molar-refractivity contribution in [1.82, 2.24) is 15.0 Å². The van der Waals surface area contributed by atoms with Crippen LogP contribution in [-0.4, -0.2) is 38.8 Å². The molecule has 1 saturated carbocycles. The Morgan fingerprint density at radius 1 is 1.42 bits per heavy atom. The largest absolute Gasteiger partial charge is 0.465 e. The van der Waals surface area contributed by atoms with Crippen molar-refractivity contribution in [3.8, 4) is 11.5 Å². The highest BCUT2D eigenvalue weighted by molar-refractivity contribution is 9.10. The Kier molecular flexibility index (Phi) is 4.62. The van der Waals surface area contributed by atoms with Gasteiger partial charge in [-0.25, -0.2) is 4.79 Å². The quantitative estimate of drug-likeness (QED) is 0.838. The maximum absolute atomic E-state index is 11.6. The fourth-order valence-corrected chi connectivity index (χ4v) is 3.74. The minimum absolute atomic E-state index is 0.397. The van der Waals surface area contributed by atoms with Crippen molar-refractivity contribution in [3.05, 3.63) is 34.1 Å². The van der Waals surface area contributed by atoms with E-state index in [4.69, 9.17) is 4.52 Å². The highest BCUT2D eigenvalue weighted by Gasteiger charge is 2.42. The van der Waals surface area contributed by atoms with Crippen LogP contribution in [0.25, 0.3) is 11.5 Å². The standard InChI is InChI=1S/C17H20BrN3O3/c1-11-13(9-17(7-3-4-8-17)21(2)16(22)23)15(24-20-11)14-6-5-12(18)10-19-14/h5-6,10H,3-4,7-9H2,1-2H3,(H,22,23). The van der Waals surface area contributed by atoms with Crippen LogP contribution in [0.2, 0.25) is 0 Å². The molecule has 24 heavy (non-hydrogen) atoms. The van der Waals surface area contributed by atoms with E-state index in [9.17, 15) is 9.90 Å². The number of rotatable bonds is 4. The molecule has 2 heterocycles. The normalized spacial score (nSPS) is 16.3. The molecular formula is C17H20BrN3O3. The number of amides is 1. The maximum atomic E-state index is 11.6. The van der Waals surface area contributed by atoms with Crippen LogP contribution in [0.3, 0.4) is 0 Å². The first-order valence-corrected chi connectivity index (χ1v) is 8.76. The predicted octanol–water partition coefficient (Wildman–Crippen LogP) is 4.27. The summed E-state index contributed by atoms with van der Waals surface area (Å²) in [7, 11) is 1.66. The van der Waals surface area contributed by atoms with Crippen molar-refractivity contribution in [2.24, 2.45) is 0 Å². The van der Waals surface area contributed by atoms with E-state index in [1.165, 1.54) is 4.90 Å². The Hall–Kier alpha value is -1.89. The molecule has 1 N–H and O–H groups in total. The van der Waals surface area contributed by atoms with Gasteiger partial charge < -0.3 is 14.5 Å². The second kappa shape index (κ2) is 6.55. The SMILES string of the molecule is Cc1noc(-c2ccc(Br)cn2)c1CC1(N(C)C(=O)O)CCCC1. The van der Waals surface area contributed by atoms with Gasteiger partial charge in [0.05, 0.1) is 11.2 Å². The predicted molar refractivity (Wildman–Crippen MR) is 92.9 cm³/mol. The van der Waals surface area contributed by atoms with Crippen LogP contribution >= 0.6 is 15.9 Å². The molecule has 128 valence electrons. The summed E-state index contributed by atoms with van der Waals surface area (Å²) in [6.07, 6.45) is 5.20. The zero-order chi connectivity index (χ0) is 17.3. The number of carboxylic acid groups (broad SMARTS) is 1. The lowest BCUT2D eigenvalue weighted by Gasteiger charge is -2.37. The first-order valence-electron chi connectivity index (χ1n) is 7.97. The number of nitrogens with zero attached hydrogens (tertiary/aromatic N) is 3. The second-order valence-corrected chi connectivity index (χ2v) is 7.30. The fourth-order valence-electron chi connectivity index (χ4n) is 3.50. The molecule has 2 aromatic rings. The van der Waals surface area contributed by atoms with E-state index in [2.05, 4.69) is 26.1 Å². The average Bonchev–Trinajstić information content (AvgIpc) is 3.17.